The lowest BCUT2D eigenvalue weighted by Gasteiger charge is -2.39. The van der Waals surface area contributed by atoms with Crippen molar-refractivity contribution in [2.75, 3.05) is 0 Å². The number of rotatable bonds is 3. The van der Waals surface area contributed by atoms with Gasteiger partial charge < -0.3 is 5.32 Å². The van der Waals surface area contributed by atoms with Crippen molar-refractivity contribution in [3.8, 4) is 0 Å². The van der Waals surface area contributed by atoms with Crippen LogP contribution in [0.3, 0.4) is 0 Å². The Balaban J connectivity index is 1.67. The number of hydrogen-bond acceptors (Lipinski definition) is 2. The third-order valence-corrected chi connectivity index (χ3v) is 4.47. The van der Waals surface area contributed by atoms with Gasteiger partial charge in [-0.15, -0.1) is 0 Å². The van der Waals surface area contributed by atoms with Crippen molar-refractivity contribution in [3.05, 3.63) is 35.4 Å². The van der Waals surface area contributed by atoms with E-state index in [1.165, 1.54) is 18.6 Å². The topological polar surface area (TPSA) is 29.1 Å². The molecule has 2 saturated heterocycles. The number of nitrogens with one attached hydrogen (secondary N) is 1. The van der Waals surface area contributed by atoms with Crippen molar-refractivity contribution in [3.63, 3.8) is 0 Å². The Morgan fingerprint density at radius 3 is 2.30 bits per heavy atom. The monoisotopic (exact) mass is 279 g/mol. The molecule has 2 bridgehead atoms. The zero-order valence-electron chi connectivity index (χ0n) is 11.4. The van der Waals surface area contributed by atoms with E-state index < -0.39 is 11.6 Å². The Kier molecular flexibility index (Phi) is 3.83. The number of carbonyl (C=O) groups excluding carboxylic acids is 1. The van der Waals surface area contributed by atoms with Crippen LogP contribution in [0.1, 0.15) is 37.7 Å². The van der Waals surface area contributed by atoms with Crippen LogP contribution in [0.2, 0.25) is 0 Å². The Bertz CT molecular complexity index is 485. The maximum atomic E-state index is 13.1. The average molecular weight is 279 g/mol. The zero-order valence-corrected chi connectivity index (χ0v) is 11.4. The molecule has 2 heterocycles. The fourth-order valence-corrected chi connectivity index (χ4v) is 3.59. The molecule has 2 aliphatic heterocycles. The second-order valence-corrected chi connectivity index (χ2v) is 6.08. The number of ketones is 1. The molecule has 2 unspecified atom stereocenters. The molecular formula is C16H19F2NO. The molecule has 0 saturated carbocycles. The van der Waals surface area contributed by atoms with Gasteiger partial charge in [0.25, 0.3) is 0 Å². The second-order valence-electron chi connectivity index (χ2n) is 6.08. The highest BCUT2D eigenvalue weighted by atomic mass is 19.1. The molecule has 2 atom stereocenters. The third kappa shape index (κ3) is 3.06. The van der Waals surface area contributed by atoms with Gasteiger partial charge in [-0.25, -0.2) is 8.78 Å². The molecule has 0 radical (unpaired) electrons. The lowest BCUT2D eigenvalue weighted by atomic mass is 9.77. The number of hydrogen-bond donors (Lipinski definition) is 1. The normalized spacial score (nSPS) is 29.2. The minimum absolute atomic E-state index is 0.0397. The van der Waals surface area contributed by atoms with Gasteiger partial charge in [0, 0.05) is 30.5 Å². The van der Waals surface area contributed by atoms with Gasteiger partial charge >= 0.3 is 0 Å². The Morgan fingerprint density at radius 1 is 1.10 bits per heavy atom. The van der Waals surface area contributed by atoms with Gasteiger partial charge in [0.15, 0.2) is 0 Å². The smallest absolute Gasteiger partial charge is 0.140 e. The molecule has 4 heteroatoms. The summed E-state index contributed by atoms with van der Waals surface area (Å²) in [6.07, 6.45) is 5.38. The maximum absolute atomic E-state index is 13.1. The van der Waals surface area contributed by atoms with Gasteiger partial charge in [-0.1, -0.05) is 6.42 Å². The highest BCUT2D eigenvalue weighted by molar-refractivity contribution is 5.83. The Labute approximate surface area is 117 Å². The van der Waals surface area contributed by atoms with Crippen LogP contribution in [0.15, 0.2) is 18.2 Å². The lowest BCUT2D eigenvalue weighted by molar-refractivity contribution is -0.124. The molecule has 0 aromatic heterocycles. The quantitative estimate of drug-likeness (QED) is 0.921. The molecule has 0 spiro atoms. The van der Waals surface area contributed by atoms with E-state index in [4.69, 9.17) is 0 Å². The van der Waals surface area contributed by atoms with Crippen molar-refractivity contribution in [1.29, 1.82) is 0 Å². The highest BCUT2D eigenvalue weighted by Crippen LogP contribution is 2.30. The molecule has 3 rings (SSSR count). The van der Waals surface area contributed by atoms with E-state index in [9.17, 15) is 13.6 Å². The summed E-state index contributed by atoms with van der Waals surface area (Å²) in [6, 6.07) is 4.23. The van der Waals surface area contributed by atoms with E-state index in [-0.39, 0.29) is 18.1 Å². The number of halogens is 2. The standard InChI is InChI=1S/C16H19F2NO/c17-12-4-10(5-13(18)9-12)6-16(20)11-7-14-2-1-3-15(8-11)19-14/h4-5,9,11,14-15,19H,1-3,6-8H2. The molecular weight excluding hydrogens is 260 g/mol. The van der Waals surface area contributed by atoms with Gasteiger partial charge in [0.1, 0.15) is 17.4 Å². The SMILES string of the molecule is O=C(Cc1cc(F)cc(F)c1)C1CC2CCCC(C1)N2. The summed E-state index contributed by atoms with van der Waals surface area (Å²) in [7, 11) is 0. The largest absolute Gasteiger partial charge is 0.311 e. The van der Waals surface area contributed by atoms with Crippen LogP contribution >= 0.6 is 0 Å². The first kappa shape index (κ1) is 13.7. The molecule has 2 nitrogen and oxygen atoms in total. The first-order valence-electron chi connectivity index (χ1n) is 7.34. The molecule has 1 N–H and O–H groups in total. The molecule has 0 amide bonds. The molecule has 2 fully saturated rings. The summed E-state index contributed by atoms with van der Waals surface area (Å²) >= 11 is 0. The van der Waals surface area contributed by atoms with Crippen molar-refractivity contribution in [2.45, 2.75) is 50.6 Å². The van der Waals surface area contributed by atoms with Crippen LogP contribution in [0.4, 0.5) is 8.78 Å². The Hall–Kier alpha value is -1.29. The molecule has 108 valence electrons. The predicted molar refractivity (Wildman–Crippen MR) is 72.4 cm³/mol. The molecule has 1 aromatic carbocycles. The summed E-state index contributed by atoms with van der Waals surface area (Å²) in [5.41, 5.74) is 0.441. The van der Waals surface area contributed by atoms with Gasteiger partial charge in [-0.05, 0) is 43.4 Å². The third-order valence-electron chi connectivity index (χ3n) is 4.47. The average Bonchev–Trinajstić information content (AvgIpc) is 2.36. The fraction of sp³-hybridized carbons (Fsp3) is 0.562. The number of carbonyl (C=O) groups is 1. The number of fused-ring (bicyclic) bond motifs is 2. The van der Waals surface area contributed by atoms with E-state index in [0.29, 0.717) is 17.6 Å². The van der Waals surface area contributed by atoms with Crippen LogP contribution in [-0.2, 0) is 11.2 Å². The van der Waals surface area contributed by atoms with Gasteiger partial charge in [0.05, 0.1) is 0 Å². The number of piperidine rings is 2. The second kappa shape index (κ2) is 5.60. The van der Waals surface area contributed by atoms with E-state index in [2.05, 4.69) is 5.32 Å². The zero-order chi connectivity index (χ0) is 14.1. The molecule has 0 aliphatic carbocycles. The van der Waals surface area contributed by atoms with Crippen LogP contribution in [0.5, 0.6) is 0 Å². The van der Waals surface area contributed by atoms with Crippen molar-refractivity contribution >= 4 is 5.78 Å². The summed E-state index contributed by atoms with van der Waals surface area (Å²) in [6.45, 7) is 0. The van der Waals surface area contributed by atoms with E-state index >= 15 is 0 Å². The van der Waals surface area contributed by atoms with Crippen molar-refractivity contribution < 1.29 is 13.6 Å². The van der Waals surface area contributed by atoms with E-state index in [1.54, 1.807) is 0 Å². The maximum Gasteiger partial charge on any atom is 0.140 e. The van der Waals surface area contributed by atoms with Gasteiger partial charge in [0.2, 0.25) is 0 Å². The fourth-order valence-electron chi connectivity index (χ4n) is 3.59. The summed E-state index contributed by atoms with van der Waals surface area (Å²) in [5.74, 6) is -1.07. The van der Waals surface area contributed by atoms with Crippen LogP contribution in [0.25, 0.3) is 0 Å². The molecule has 1 aromatic rings. The van der Waals surface area contributed by atoms with E-state index in [0.717, 1.165) is 31.7 Å². The minimum Gasteiger partial charge on any atom is -0.311 e. The van der Waals surface area contributed by atoms with Gasteiger partial charge in [-0.2, -0.15) is 0 Å². The van der Waals surface area contributed by atoms with Gasteiger partial charge in [-0.3, -0.25) is 4.79 Å². The minimum atomic E-state index is -0.616. The highest BCUT2D eigenvalue weighted by Gasteiger charge is 2.34. The lowest BCUT2D eigenvalue weighted by Crippen LogP contribution is -2.50. The first-order valence-corrected chi connectivity index (χ1v) is 7.34. The van der Waals surface area contributed by atoms with Crippen molar-refractivity contribution in [2.24, 2.45) is 5.92 Å². The number of Topliss-reactive ketones (excluding diaryl/α,β-unsaturated/α-hetero) is 1. The summed E-state index contributed by atoms with van der Waals surface area (Å²) in [4.78, 5) is 12.3. The number of benzene rings is 1. The Morgan fingerprint density at radius 2 is 1.70 bits per heavy atom. The molecule has 2 aliphatic rings. The predicted octanol–water partition coefficient (Wildman–Crippen LogP) is 3.00. The first-order chi connectivity index (χ1) is 9.60. The summed E-state index contributed by atoms with van der Waals surface area (Å²) in [5, 5.41) is 3.55. The summed E-state index contributed by atoms with van der Waals surface area (Å²) < 4.78 is 26.3. The van der Waals surface area contributed by atoms with Crippen molar-refractivity contribution in [1.82, 2.24) is 5.32 Å². The van der Waals surface area contributed by atoms with E-state index in [1.807, 2.05) is 0 Å². The van der Waals surface area contributed by atoms with Crippen LogP contribution in [-0.4, -0.2) is 17.9 Å². The van der Waals surface area contributed by atoms with Crippen LogP contribution < -0.4 is 5.32 Å². The molecule has 20 heavy (non-hydrogen) atoms. The van der Waals surface area contributed by atoms with Crippen LogP contribution in [0, 0.1) is 17.6 Å².